The largest absolute Gasteiger partial charge is 0.342 e. The minimum atomic E-state index is -0.897. The Morgan fingerprint density at radius 3 is 2.72 bits per heavy atom. The third-order valence-corrected chi connectivity index (χ3v) is 6.25. The maximum Gasteiger partial charge on any atom is 0.252 e. The van der Waals surface area contributed by atoms with Crippen LogP contribution in [0.3, 0.4) is 0 Å². The number of rotatable bonds is 5. The monoisotopic (exact) mass is 438 g/mol. The minimum absolute atomic E-state index is 0.225. The first-order valence-electron chi connectivity index (χ1n) is 11.1. The number of nitrogens with two attached hydrogens (primary N) is 1. The first-order chi connectivity index (χ1) is 15.5. The second kappa shape index (κ2) is 9.64. The van der Waals surface area contributed by atoms with Crippen LogP contribution in [-0.4, -0.2) is 60.6 Å². The minimum Gasteiger partial charge on any atom is -0.342 e. The molecule has 4 atom stereocenters. The molecule has 3 amide bonds. The van der Waals surface area contributed by atoms with E-state index >= 15 is 0 Å². The summed E-state index contributed by atoms with van der Waals surface area (Å²) >= 11 is 0. The zero-order valence-electron chi connectivity index (χ0n) is 18.1. The number of likely N-dealkylation sites (N-methyl/N-ethyl adjacent to an activating group) is 1. The molecule has 4 unspecified atom stereocenters. The zero-order chi connectivity index (χ0) is 22.7. The van der Waals surface area contributed by atoms with Gasteiger partial charge >= 0.3 is 0 Å². The van der Waals surface area contributed by atoms with E-state index in [9.17, 15) is 14.4 Å². The first-order valence-corrected chi connectivity index (χ1v) is 11.1. The number of anilines is 1. The second-order valence-corrected chi connectivity index (χ2v) is 8.29. The molecule has 0 aliphatic carbocycles. The van der Waals surface area contributed by atoms with Crippen molar-refractivity contribution >= 4 is 34.2 Å². The standard InChI is InChI=1S/C23H30N6O3/c1-25-20(24)22(31)28-17-10-5-13-26-19-12-11-18(29(19)23(17)32)21(30)27-16-9-4-7-14-6-2-3-8-15(14)16/h2-4,6-9,17-20,25-26H,5,10-13,24H2,1H3,(H,27,30)(H,28,31). The quantitative estimate of drug-likeness (QED) is 0.432. The Morgan fingerprint density at radius 2 is 1.91 bits per heavy atom. The van der Waals surface area contributed by atoms with Gasteiger partial charge in [0, 0.05) is 11.1 Å². The summed E-state index contributed by atoms with van der Waals surface area (Å²) in [7, 11) is 1.58. The molecule has 32 heavy (non-hydrogen) atoms. The van der Waals surface area contributed by atoms with Gasteiger partial charge in [-0.1, -0.05) is 36.4 Å². The average molecular weight is 439 g/mol. The summed E-state index contributed by atoms with van der Waals surface area (Å²) in [6.45, 7) is 0.705. The fourth-order valence-corrected chi connectivity index (χ4v) is 4.53. The molecule has 0 aromatic heterocycles. The van der Waals surface area contributed by atoms with Crippen LogP contribution >= 0.6 is 0 Å². The van der Waals surface area contributed by atoms with Gasteiger partial charge in [-0.05, 0) is 50.7 Å². The molecule has 2 aliphatic rings. The van der Waals surface area contributed by atoms with Crippen molar-refractivity contribution in [3.63, 3.8) is 0 Å². The molecule has 0 spiro atoms. The number of carbonyl (C=O) groups is 3. The van der Waals surface area contributed by atoms with Crippen molar-refractivity contribution in [2.75, 3.05) is 18.9 Å². The summed E-state index contributed by atoms with van der Waals surface area (Å²) in [6, 6.07) is 12.3. The molecule has 0 saturated carbocycles. The number of hydrogen-bond donors (Lipinski definition) is 5. The molecule has 0 radical (unpaired) electrons. The Morgan fingerprint density at radius 1 is 1.12 bits per heavy atom. The van der Waals surface area contributed by atoms with Crippen molar-refractivity contribution in [1.82, 2.24) is 20.9 Å². The highest BCUT2D eigenvalue weighted by Crippen LogP contribution is 2.28. The van der Waals surface area contributed by atoms with Crippen molar-refractivity contribution in [1.29, 1.82) is 0 Å². The number of fused-ring (bicyclic) bond motifs is 2. The normalized spacial score (nSPS) is 24.4. The van der Waals surface area contributed by atoms with E-state index < -0.39 is 24.2 Å². The van der Waals surface area contributed by atoms with Crippen LogP contribution in [0.1, 0.15) is 25.7 Å². The van der Waals surface area contributed by atoms with E-state index in [4.69, 9.17) is 5.73 Å². The van der Waals surface area contributed by atoms with Crippen molar-refractivity contribution in [2.24, 2.45) is 5.73 Å². The number of nitrogens with zero attached hydrogens (tertiary/aromatic N) is 1. The fraction of sp³-hybridized carbons (Fsp3) is 0.435. The Kier molecular flexibility index (Phi) is 6.69. The number of carbonyl (C=O) groups excluding carboxylic acids is 3. The van der Waals surface area contributed by atoms with Crippen molar-refractivity contribution in [3.05, 3.63) is 42.5 Å². The Labute approximate surface area is 187 Å². The van der Waals surface area contributed by atoms with E-state index in [1.165, 1.54) is 0 Å². The van der Waals surface area contributed by atoms with Gasteiger partial charge in [0.2, 0.25) is 11.8 Å². The highest BCUT2D eigenvalue weighted by atomic mass is 16.2. The van der Waals surface area contributed by atoms with Gasteiger partial charge in [-0.25, -0.2) is 0 Å². The molecule has 2 aromatic carbocycles. The smallest absolute Gasteiger partial charge is 0.252 e. The van der Waals surface area contributed by atoms with E-state index in [1.807, 2.05) is 42.5 Å². The molecule has 2 aliphatic heterocycles. The number of hydrogen-bond acceptors (Lipinski definition) is 6. The summed E-state index contributed by atoms with van der Waals surface area (Å²) in [5, 5.41) is 13.8. The van der Waals surface area contributed by atoms with Gasteiger partial charge in [-0.15, -0.1) is 0 Å². The summed E-state index contributed by atoms with van der Waals surface area (Å²) in [6.07, 6.45) is 1.32. The van der Waals surface area contributed by atoms with Crippen LogP contribution in [-0.2, 0) is 14.4 Å². The summed E-state index contributed by atoms with van der Waals surface area (Å²) in [5.41, 5.74) is 6.45. The Bertz CT molecular complexity index is 1010. The molecule has 2 heterocycles. The van der Waals surface area contributed by atoms with Gasteiger partial charge in [0.05, 0.1) is 6.17 Å². The average Bonchev–Trinajstić information content (AvgIpc) is 3.22. The van der Waals surface area contributed by atoms with Crippen LogP contribution in [0.15, 0.2) is 42.5 Å². The molecule has 6 N–H and O–H groups in total. The van der Waals surface area contributed by atoms with Crippen LogP contribution in [0, 0.1) is 0 Å². The molecule has 4 rings (SSSR count). The topological polar surface area (TPSA) is 129 Å². The van der Waals surface area contributed by atoms with Gasteiger partial charge in [0.15, 0.2) is 0 Å². The lowest BCUT2D eigenvalue weighted by molar-refractivity contribution is -0.143. The first kappa shape index (κ1) is 22.2. The Balaban J connectivity index is 1.54. The van der Waals surface area contributed by atoms with Gasteiger partial charge in [0.25, 0.3) is 5.91 Å². The summed E-state index contributed by atoms with van der Waals surface area (Å²) < 4.78 is 0. The van der Waals surface area contributed by atoms with Crippen molar-refractivity contribution in [2.45, 2.75) is 50.1 Å². The predicted molar refractivity (Wildman–Crippen MR) is 122 cm³/mol. The van der Waals surface area contributed by atoms with Crippen molar-refractivity contribution in [3.8, 4) is 0 Å². The molecule has 170 valence electrons. The van der Waals surface area contributed by atoms with E-state index in [-0.39, 0.29) is 18.0 Å². The number of nitrogens with one attached hydrogen (secondary N) is 4. The van der Waals surface area contributed by atoms with Gasteiger partial charge < -0.3 is 21.3 Å². The predicted octanol–water partition coefficient (Wildman–Crippen LogP) is 0.468. The van der Waals surface area contributed by atoms with Gasteiger partial charge in [-0.3, -0.25) is 25.0 Å². The number of benzene rings is 2. The maximum absolute atomic E-state index is 13.4. The van der Waals surface area contributed by atoms with Crippen LogP contribution in [0.5, 0.6) is 0 Å². The maximum atomic E-state index is 13.4. The van der Waals surface area contributed by atoms with Crippen molar-refractivity contribution < 1.29 is 14.4 Å². The van der Waals surface area contributed by atoms with E-state index in [1.54, 1.807) is 11.9 Å². The van der Waals surface area contributed by atoms with Crippen LogP contribution in [0.4, 0.5) is 5.69 Å². The van der Waals surface area contributed by atoms with Crippen LogP contribution < -0.4 is 27.0 Å². The molecule has 2 saturated heterocycles. The zero-order valence-corrected chi connectivity index (χ0v) is 18.1. The molecule has 2 aromatic rings. The lowest BCUT2D eigenvalue weighted by Crippen LogP contribution is -2.61. The van der Waals surface area contributed by atoms with E-state index in [0.717, 1.165) is 17.2 Å². The molecule has 0 bridgehead atoms. The molecule has 2 fully saturated rings. The Hall–Kier alpha value is -3.01. The lowest BCUT2D eigenvalue weighted by atomic mass is 10.1. The molecule has 9 heteroatoms. The summed E-state index contributed by atoms with van der Waals surface area (Å²) in [4.78, 5) is 40.6. The molecular formula is C23H30N6O3. The third-order valence-electron chi connectivity index (χ3n) is 6.25. The van der Waals surface area contributed by atoms with Gasteiger partial charge in [0.1, 0.15) is 18.2 Å². The number of amides is 3. The second-order valence-electron chi connectivity index (χ2n) is 8.29. The van der Waals surface area contributed by atoms with Crippen LogP contribution in [0.25, 0.3) is 10.8 Å². The van der Waals surface area contributed by atoms with E-state index in [2.05, 4.69) is 21.3 Å². The van der Waals surface area contributed by atoms with Crippen LogP contribution in [0.2, 0.25) is 0 Å². The SMILES string of the molecule is CNC(N)C(=O)NC1CCCNC2CCC(C(=O)Nc3cccc4ccccc34)N2C1=O. The highest BCUT2D eigenvalue weighted by Gasteiger charge is 2.44. The third kappa shape index (κ3) is 4.45. The fourth-order valence-electron chi connectivity index (χ4n) is 4.53. The molecule has 9 nitrogen and oxygen atoms in total. The molecular weight excluding hydrogens is 408 g/mol. The lowest BCUT2D eigenvalue weighted by Gasteiger charge is -2.35. The highest BCUT2D eigenvalue weighted by molar-refractivity contribution is 6.05. The van der Waals surface area contributed by atoms with E-state index in [0.29, 0.717) is 31.5 Å². The van der Waals surface area contributed by atoms with Gasteiger partial charge in [-0.2, -0.15) is 0 Å². The summed E-state index contributed by atoms with van der Waals surface area (Å²) in [5.74, 6) is -0.919.